The van der Waals surface area contributed by atoms with E-state index < -0.39 is 10.0 Å². The molecule has 0 radical (unpaired) electrons. The number of rotatable bonds is 3. The van der Waals surface area contributed by atoms with Gasteiger partial charge in [-0.25, -0.2) is 8.42 Å². The molecule has 0 unspecified atom stereocenters. The Bertz CT molecular complexity index is 554. The number of halogens is 1. The van der Waals surface area contributed by atoms with Gasteiger partial charge in [0, 0.05) is 13.1 Å². The highest BCUT2D eigenvalue weighted by Crippen LogP contribution is 2.28. The van der Waals surface area contributed by atoms with Crippen LogP contribution in [0.15, 0.2) is 23.1 Å². The second-order valence-corrected chi connectivity index (χ2v) is 7.23. The zero-order valence-electron chi connectivity index (χ0n) is 11.2. The molecule has 1 aromatic carbocycles. The van der Waals surface area contributed by atoms with Crippen molar-refractivity contribution in [3.8, 4) is 0 Å². The lowest BCUT2D eigenvalue weighted by Gasteiger charge is -2.31. The third kappa shape index (κ3) is 2.94. The molecule has 1 heterocycles. The van der Waals surface area contributed by atoms with Crippen LogP contribution in [0.5, 0.6) is 0 Å². The number of nitrogens with zero attached hydrogens (tertiary/aromatic N) is 1. The monoisotopic (exact) mass is 302 g/mol. The topological polar surface area (TPSA) is 49.4 Å². The van der Waals surface area contributed by atoms with E-state index in [2.05, 4.69) is 5.32 Å². The molecule has 0 aromatic heterocycles. The second-order valence-electron chi connectivity index (χ2n) is 4.89. The molecule has 0 bridgehead atoms. The Balaban J connectivity index is 2.33. The van der Waals surface area contributed by atoms with Crippen LogP contribution < -0.4 is 5.32 Å². The van der Waals surface area contributed by atoms with Gasteiger partial charge in [0.2, 0.25) is 10.0 Å². The lowest BCUT2D eigenvalue weighted by Crippen LogP contribution is -2.43. The molecule has 1 aliphatic rings. The average molecular weight is 303 g/mol. The minimum atomic E-state index is -3.52. The van der Waals surface area contributed by atoms with Gasteiger partial charge in [0.1, 0.15) is 4.90 Å². The van der Waals surface area contributed by atoms with Crippen LogP contribution in [-0.2, 0) is 10.0 Å². The summed E-state index contributed by atoms with van der Waals surface area (Å²) in [6.45, 7) is 3.52. The summed E-state index contributed by atoms with van der Waals surface area (Å²) < 4.78 is 26.7. The summed E-state index contributed by atoms with van der Waals surface area (Å²) in [5, 5.41) is 3.56. The van der Waals surface area contributed by atoms with Gasteiger partial charge in [-0.1, -0.05) is 23.7 Å². The summed E-state index contributed by atoms with van der Waals surface area (Å²) in [6, 6.07) is 5.15. The van der Waals surface area contributed by atoms with Gasteiger partial charge in [-0.2, -0.15) is 4.31 Å². The molecule has 19 heavy (non-hydrogen) atoms. The number of hydrogen-bond donors (Lipinski definition) is 1. The molecular weight excluding hydrogens is 284 g/mol. The maximum absolute atomic E-state index is 12.6. The smallest absolute Gasteiger partial charge is 0.244 e. The quantitative estimate of drug-likeness (QED) is 0.929. The largest absolute Gasteiger partial charge is 0.317 e. The minimum absolute atomic E-state index is 0.0443. The standard InChI is InChI=1S/C13H19ClN2O2S/c1-10-4-3-5-12(13(10)14)19(17,18)16(2)11-6-8-15-9-7-11/h3-5,11,15H,6-9H2,1-2H3. The molecule has 0 amide bonds. The highest BCUT2D eigenvalue weighted by atomic mass is 35.5. The van der Waals surface area contributed by atoms with Crippen molar-refractivity contribution in [3.63, 3.8) is 0 Å². The van der Waals surface area contributed by atoms with Gasteiger partial charge < -0.3 is 5.32 Å². The third-order valence-electron chi connectivity index (χ3n) is 3.64. The molecule has 106 valence electrons. The van der Waals surface area contributed by atoms with E-state index in [0.29, 0.717) is 5.02 Å². The van der Waals surface area contributed by atoms with Crippen molar-refractivity contribution in [3.05, 3.63) is 28.8 Å². The molecule has 2 rings (SSSR count). The van der Waals surface area contributed by atoms with E-state index >= 15 is 0 Å². The van der Waals surface area contributed by atoms with Crippen molar-refractivity contribution in [2.75, 3.05) is 20.1 Å². The Morgan fingerprint density at radius 3 is 2.58 bits per heavy atom. The molecule has 0 aliphatic carbocycles. The van der Waals surface area contributed by atoms with Crippen molar-refractivity contribution in [1.82, 2.24) is 9.62 Å². The fourth-order valence-corrected chi connectivity index (χ4v) is 4.31. The number of aryl methyl sites for hydroxylation is 1. The molecule has 1 N–H and O–H groups in total. The maximum atomic E-state index is 12.6. The number of hydrogen-bond acceptors (Lipinski definition) is 3. The molecule has 1 aliphatic heterocycles. The molecule has 0 atom stereocenters. The molecule has 1 saturated heterocycles. The van der Waals surface area contributed by atoms with Crippen molar-refractivity contribution >= 4 is 21.6 Å². The van der Waals surface area contributed by atoms with E-state index in [1.54, 1.807) is 19.2 Å². The molecule has 0 saturated carbocycles. The summed E-state index contributed by atoms with van der Waals surface area (Å²) in [7, 11) is -1.88. The van der Waals surface area contributed by atoms with Gasteiger partial charge in [0.05, 0.1) is 5.02 Å². The predicted molar refractivity (Wildman–Crippen MR) is 77.0 cm³/mol. The average Bonchev–Trinajstić information content (AvgIpc) is 2.41. The first-order chi connectivity index (χ1) is 8.94. The van der Waals surface area contributed by atoms with E-state index in [9.17, 15) is 8.42 Å². The van der Waals surface area contributed by atoms with Crippen LogP contribution in [0.25, 0.3) is 0 Å². The Labute approximate surface area is 119 Å². The highest BCUT2D eigenvalue weighted by molar-refractivity contribution is 7.89. The predicted octanol–water partition coefficient (Wildman–Crippen LogP) is 2.02. The number of piperidine rings is 1. The number of sulfonamides is 1. The fourth-order valence-electron chi connectivity index (χ4n) is 2.34. The Morgan fingerprint density at radius 2 is 1.95 bits per heavy atom. The van der Waals surface area contributed by atoms with Crippen LogP contribution in [0.1, 0.15) is 18.4 Å². The van der Waals surface area contributed by atoms with Crippen molar-refractivity contribution in [1.29, 1.82) is 0 Å². The Kier molecular flexibility index (Phi) is 4.50. The first-order valence-corrected chi connectivity index (χ1v) is 8.20. The van der Waals surface area contributed by atoms with E-state index in [1.807, 2.05) is 13.0 Å². The van der Waals surface area contributed by atoms with Gasteiger partial charge in [-0.15, -0.1) is 0 Å². The molecule has 4 nitrogen and oxygen atoms in total. The van der Waals surface area contributed by atoms with Crippen molar-refractivity contribution < 1.29 is 8.42 Å². The van der Waals surface area contributed by atoms with E-state index in [0.717, 1.165) is 31.5 Å². The van der Waals surface area contributed by atoms with Gasteiger partial charge in [0.25, 0.3) is 0 Å². The highest BCUT2D eigenvalue weighted by Gasteiger charge is 2.30. The van der Waals surface area contributed by atoms with Crippen LogP contribution in [0, 0.1) is 6.92 Å². The Morgan fingerprint density at radius 1 is 1.32 bits per heavy atom. The summed E-state index contributed by atoms with van der Waals surface area (Å²) in [6.07, 6.45) is 1.67. The summed E-state index contributed by atoms with van der Waals surface area (Å²) in [5.41, 5.74) is 0.779. The summed E-state index contributed by atoms with van der Waals surface area (Å²) in [5.74, 6) is 0. The van der Waals surface area contributed by atoms with Crippen molar-refractivity contribution in [2.45, 2.75) is 30.7 Å². The second kappa shape index (κ2) is 5.79. The Hall–Kier alpha value is -0.620. The summed E-state index contributed by atoms with van der Waals surface area (Å²) >= 11 is 6.14. The fraction of sp³-hybridized carbons (Fsp3) is 0.538. The normalized spacial score (nSPS) is 17.9. The van der Waals surface area contributed by atoms with Gasteiger partial charge in [-0.05, 0) is 44.5 Å². The van der Waals surface area contributed by atoms with E-state index in [4.69, 9.17) is 11.6 Å². The van der Waals surface area contributed by atoms with Crippen LogP contribution in [0.4, 0.5) is 0 Å². The van der Waals surface area contributed by atoms with E-state index in [-0.39, 0.29) is 10.9 Å². The third-order valence-corrected chi connectivity index (χ3v) is 6.20. The summed E-state index contributed by atoms with van der Waals surface area (Å²) in [4.78, 5) is 0.204. The molecule has 1 fully saturated rings. The van der Waals surface area contributed by atoms with Crippen LogP contribution in [0.2, 0.25) is 5.02 Å². The molecule has 1 aromatic rings. The zero-order chi connectivity index (χ0) is 14.0. The maximum Gasteiger partial charge on any atom is 0.244 e. The van der Waals surface area contributed by atoms with Crippen LogP contribution in [0.3, 0.4) is 0 Å². The molecule has 6 heteroatoms. The lowest BCUT2D eigenvalue weighted by atomic mass is 10.1. The van der Waals surface area contributed by atoms with Gasteiger partial charge >= 0.3 is 0 Å². The zero-order valence-corrected chi connectivity index (χ0v) is 12.8. The lowest BCUT2D eigenvalue weighted by molar-refractivity contribution is 0.296. The first-order valence-electron chi connectivity index (χ1n) is 6.38. The van der Waals surface area contributed by atoms with E-state index in [1.165, 1.54) is 4.31 Å². The van der Waals surface area contributed by atoms with Crippen LogP contribution in [-0.4, -0.2) is 38.9 Å². The molecule has 0 spiro atoms. The first kappa shape index (κ1) is 14.8. The van der Waals surface area contributed by atoms with Gasteiger partial charge in [-0.3, -0.25) is 0 Å². The van der Waals surface area contributed by atoms with Crippen molar-refractivity contribution in [2.24, 2.45) is 0 Å². The minimum Gasteiger partial charge on any atom is -0.317 e. The molecular formula is C13H19ClN2O2S. The SMILES string of the molecule is Cc1cccc(S(=O)(=O)N(C)C2CCNCC2)c1Cl. The van der Waals surface area contributed by atoms with Gasteiger partial charge in [0.15, 0.2) is 0 Å². The number of nitrogens with one attached hydrogen (secondary N) is 1. The van der Waals surface area contributed by atoms with Crippen LogP contribution >= 0.6 is 11.6 Å². The number of benzene rings is 1.